The number of likely N-dealkylation sites (N-methyl/N-ethyl adjacent to an activating group) is 1. The van der Waals surface area contributed by atoms with E-state index in [2.05, 4.69) is 17.1 Å². The molecule has 0 aliphatic carbocycles. The molecular formula is C25H28N4O2+2. The molecule has 1 aliphatic rings. The first-order valence-corrected chi connectivity index (χ1v) is 10.5. The van der Waals surface area contributed by atoms with Crippen LogP contribution in [-0.4, -0.2) is 32.5 Å². The van der Waals surface area contributed by atoms with Crippen LogP contribution in [0.4, 0.5) is 22.7 Å². The number of carbonyl (C=O) groups is 2. The molecule has 1 aliphatic heterocycles. The summed E-state index contributed by atoms with van der Waals surface area (Å²) < 4.78 is 0. The van der Waals surface area contributed by atoms with Gasteiger partial charge in [-0.3, -0.25) is 14.5 Å². The first-order chi connectivity index (χ1) is 14.9. The number of nitrogens with one attached hydrogen (secondary N) is 2. The minimum atomic E-state index is -0.190. The lowest BCUT2D eigenvalue weighted by atomic mass is 10.0. The molecule has 0 atom stereocenters. The third kappa shape index (κ3) is 4.50. The summed E-state index contributed by atoms with van der Waals surface area (Å²) >= 11 is 0. The van der Waals surface area contributed by atoms with Gasteiger partial charge in [0, 0.05) is 11.3 Å². The molecule has 5 N–H and O–H groups in total. The van der Waals surface area contributed by atoms with Gasteiger partial charge in [0.25, 0.3) is 11.8 Å². The highest BCUT2D eigenvalue weighted by Gasteiger charge is 2.27. The smallest absolute Gasteiger partial charge is 0.286 e. The predicted molar refractivity (Wildman–Crippen MR) is 122 cm³/mol. The summed E-state index contributed by atoms with van der Waals surface area (Å²) in [6.07, 6.45) is 1.70. The van der Waals surface area contributed by atoms with Crippen molar-refractivity contribution in [1.29, 1.82) is 0 Å². The molecule has 31 heavy (non-hydrogen) atoms. The highest BCUT2D eigenvalue weighted by atomic mass is 16.2. The molecule has 6 nitrogen and oxygen atoms in total. The van der Waals surface area contributed by atoms with E-state index in [0.29, 0.717) is 17.8 Å². The van der Waals surface area contributed by atoms with E-state index in [9.17, 15) is 9.59 Å². The second-order valence-electron chi connectivity index (χ2n) is 8.24. The first kappa shape index (κ1) is 20.8. The van der Waals surface area contributed by atoms with E-state index in [4.69, 9.17) is 0 Å². The van der Waals surface area contributed by atoms with E-state index < -0.39 is 0 Å². The minimum Gasteiger partial charge on any atom is -0.332 e. The number of hydrogen-bond donors (Lipinski definition) is 3. The summed E-state index contributed by atoms with van der Waals surface area (Å²) in [7, 11) is 3.94. The maximum Gasteiger partial charge on any atom is 0.286 e. The van der Waals surface area contributed by atoms with Gasteiger partial charge in [0.05, 0.1) is 25.5 Å². The molecule has 3 aromatic rings. The lowest BCUT2D eigenvalue weighted by Gasteiger charge is -2.26. The number of amides is 2. The Morgan fingerprint density at radius 3 is 2.32 bits per heavy atom. The molecule has 4 rings (SSSR count). The molecule has 0 saturated carbocycles. The number of aryl methyl sites for hydroxylation is 2. The topological polar surface area (TPSA) is 81.5 Å². The molecule has 0 fully saturated rings. The zero-order valence-electron chi connectivity index (χ0n) is 17.9. The fourth-order valence-corrected chi connectivity index (χ4v) is 3.91. The fourth-order valence-electron chi connectivity index (χ4n) is 3.91. The van der Waals surface area contributed by atoms with Crippen molar-refractivity contribution in [3.63, 3.8) is 0 Å². The summed E-state index contributed by atoms with van der Waals surface area (Å²) in [6, 6.07) is 21.0. The average molecular weight is 417 g/mol. The zero-order valence-corrected chi connectivity index (χ0v) is 17.9. The molecule has 2 amide bonds. The van der Waals surface area contributed by atoms with Gasteiger partial charge in [0.1, 0.15) is 5.69 Å². The second-order valence-corrected chi connectivity index (χ2v) is 8.24. The highest BCUT2D eigenvalue weighted by Crippen LogP contribution is 2.37. The summed E-state index contributed by atoms with van der Waals surface area (Å²) in [5.74, 6) is -0.158. The number of quaternary nitrogens is 2. The van der Waals surface area contributed by atoms with Crippen LogP contribution in [0, 0.1) is 0 Å². The molecule has 0 unspecified atom stereocenters. The Kier molecular flexibility index (Phi) is 5.84. The van der Waals surface area contributed by atoms with Crippen LogP contribution in [0.25, 0.3) is 0 Å². The van der Waals surface area contributed by atoms with Crippen LogP contribution in [-0.2, 0) is 17.6 Å². The number of carbonyl (C=O) groups excluding carboxylic acids is 2. The lowest BCUT2D eigenvalue weighted by molar-refractivity contribution is -0.849. The van der Waals surface area contributed by atoms with Crippen molar-refractivity contribution in [2.24, 2.45) is 0 Å². The Balaban J connectivity index is 1.72. The van der Waals surface area contributed by atoms with Gasteiger partial charge in [-0.1, -0.05) is 24.3 Å². The van der Waals surface area contributed by atoms with Gasteiger partial charge in [0.15, 0.2) is 6.54 Å². The average Bonchev–Trinajstić information content (AvgIpc) is 2.90. The van der Waals surface area contributed by atoms with Crippen molar-refractivity contribution in [2.75, 3.05) is 30.9 Å². The second kappa shape index (κ2) is 8.71. The Labute approximate surface area is 182 Å². The molecule has 3 aromatic carbocycles. The van der Waals surface area contributed by atoms with E-state index in [1.165, 1.54) is 0 Å². The maximum atomic E-state index is 13.3. The van der Waals surface area contributed by atoms with Crippen LogP contribution in [0.5, 0.6) is 0 Å². The van der Waals surface area contributed by atoms with Crippen molar-refractivity contribution < 1.29 is 20.2 Å². The number of nitrogens with zero attached hydrogens (tertiary/aromatic N) is 1. The van der Waals surface area contributed by atoms with Crippen LogP contribution >= 0.6 is 0 Å². The van der Waals surface area contributed by atoms with Gasteiger partial charge in [-0.25, -0.2) is 0 Å². The molecular weight excluding hydrogens is 388 g/mol. The van der Waals surface area contributed by atoms with Crippen LogP contribution in [0.2, 0.25) is 0 Å². The molecule has 0 bridgehead atoms. The first-order valence-electron chi connectivity index (χ1n) is 10.5. The summed E-state index contributed by atoms with van der Waals surface area (Å²) in [5.41, 5.74) is 9.95. The van der Waals surface area contributed by atoms with Crippen LogP contribution in [0.15, 0.2) is 66.7 Å². The number of benzene rings is 3. The normalized spacial score (nSPS) is 12.7. The molecule has 6 heteroatoms. The quantitative estimate of drug-likeness (QED) is 0.605. The van der Waals surface area contributed by atoms with Crippen molar-refractivity contribution in [3.8, 4) is 0 Å². The Bertz CT molecular complexity index is 1120. The molecule has 0 radical (unpaired) electrons. The fraction of sp³-hybridized carbons (Fsp3) is 0.200. The predicted octanol–water partition coefficient (Wildman–Crippen LogP) is 1.72. The van der Waals surface area contributed by atoms with E-state index in [1.54, 1.807) is 12.1 Å². The zero-order chi connectivity index (χ0) is 22.0. The number of para-hydroxylation sites is 1. The monoisotopic (exact) mass is 416 g/mol. The summed E-state index contributed by atoms with van der Waals surface area (Å²) in [5, 5.41) is 2.97. The summed E-state index contributed by atoms with van der Waals surface area (Å²) in [4.78, 5) is 28.9. The Morgan fingerprint density at radius 1 is 0.935 bits per heavy atom. The molecule has 0 spiro atoms. The van der Waals surface area contributed by atoms with Crippen molar-refractivity contribution in [1.82, 2.24) is 0 Å². The SMILES string of the molecule is C[NH+](C)CC(=O)N1c2ccccc2CCc2ccc(NC(=O)c3ccc([NH3+])cc3)cc21. The largest absolute Gasteiger partial charge is 0.332 e. The number of hydrogen-bond acceptors (Lipinski definition) is 2. The van der Waals surface area contributed by atoms with Gasteiger partial charge in [0.2, 0.25) is 0 Å². The standard InChI is InChI=1S/C25H26N4O2/c1-28(2)16-24(30)29-22-6-4-3-5-17(22)7-8-18-11-14-21(15-23(18)29)27-25(31)19-9-12-20(26)13-10-19/h3-6,9-15H,7-8,16,26H2,1-2H3,(H,27,31)/p+2. The van der Waals surface area contributed by atoms with Crippen molar-refractivity contribution >= 4 is 34.6 Å². The third-order valence-corrected chi connectivity index (χ3v) is 5.45. The lowest BCUT2D eigenvalue weighted by Crippen LogP contribution is -3.07. The van der Waals surface area contributed by atoms with Gasteiger partial charge in [-0.2, -0.15) is 0 Å². The van der Waals surface area contributed by atoms with E-state index in [-0.39, 0.29) is 11.8 Å². The molecule has 0 aromatic heterocycles. The maximum absolute atomic E-state index is 13.3. The summed E-state index contributed by atoms with van der Waals surface area (Å²) in [6.45, 7) is 0.377. The Hall–Kier alpha value is -3.48. The molecule has 0 saturated heterocycles. The number of anilines is 3. The van der Waals surface area contributed by atoms with Crippen LogP contribution in [0.1, 0.15) is 21.5 Å². The highest BCUT2D eigenvalue weighted by molar-refractivity contribution is 6.06. The van der Waals surface area contributed by atoms with Gasteiger partial charge < -0.3 is 16.0 Å². The van der Waals surface area contributed by atoms with Gasteiger partial charge >= 0.3 is 0 Å². The Morgan fingerprint density at radius 2 is 1.61 bits per heavy atom. The van der Waals surface area contributed by atoms with Crippen molar-refractivity contribution in [2.45, 2.75) is 12.8 Å². The molecule has 158 valence electrons. The molecule has 1 heterocycles. The van der Waals surface area contributed by atoms with Crippen molar-refractivity contribution in [3.05, 3.63) is 83.4 Å². The number of rotatable bonds is 4. The van der Waals surface area contributed by atoms with E-state index >= 15 is 0 Å². The minimum absolute atomic E-state index is 0.0325. The van der Waals surface area contributed by atoms with Crippen LogP contribution in [0.3, 0.4) is 0 Å². The van der Waals surface area contributed by atoms with Crippen LogP contribution < -0.4 is 20.9 Å². The van der Waals surface area contributed by atoms with Gasteiger partial charge in [-0.05, 0) is 66.4 Å². The van der Waals surface area contributed by atoms with E-state index in [1.807, 2.05) is 67.5 Å². The third-order valence-electron chi connectivity index (χ3n) is 5.45. The number of fused-ring (bicyclic) bond motifs is 2. The van der Waals surface area contributed by atoms with E-state index in [0.717, 1.165) is 45.9 Å². The van der Waals surface area contributed by atoms with Gasteiger partial charge in [-0.15, -0.1) is 0 Å².